The molecule has 0 amide bonds. The van der Waals surface area contributed by atoms with Crippen molar-refractivity contribution in [1.82, 2.24) is 0 Å². The van der Waals surface area contributed by atoms with E-state index in [-0.39, 0.29) is 23.6 Å². The van der Waals surface area contributed by atoms with Gasteiger partial charge in [0, 0.05) is 6.42 Å². The van der Waals surface area contributed by atoms with Crippen LogP contribution in [0.25, 0.3) is 0 Å². The molecule has 0 bridgehead atoms. The second kappa shape index (κ2) is 7.56. The van der Waals surface area contributed by atoms with Crippen LogP contribution in [0, 0.1) is 6.92 Å². The molecule has 0 fully saturated rings. The molecule has 1 unspecified atom stereocenters. The van der Waals surface area contributed by atoms with E-state index in [1.807, 2.05) is 6.92 Å². The zero-order valence-corrected chi connectivity index (χ0v) is 17.1. The summed E-state index contributed by atoms with van der Waals surface area (Å²) < 4.78 is 33.2. The first-order valence-corrected chi connectivity index (χ1v) is 10.7. The molecule has 0 N–H and O–H groups in total. The molecule has 3 rings (SSSR count). The highest BCUT2D eigenvalue weighted by molar-refractivity contribution is 7.93. The van der Waals surface area contributed by atoms with Gasteiger partial charge in [-0.15, -0.1) is 11.6 Å². The third-order valence-electron chi connectivity index (χ3n) is 4.76. The smallest absolute Gasteiger partial charge is 0.341 e. The van der Waals surface area contributed by atoms with Crippen molar-refractivity contribution >= 4 is 39.1 Å². The summed E-state index contributed by atoms with van der Waals surface area (Å²) >= 11 is 5.81. The molecule has 28 heavy (non-hydrogen) atoms. The average Bonchev–Trinajstić information content (AvgIpc) is 3.05. The molecule has 0 aliphatic carbocycles. The summed E-state index contributed by atoms with van der Waals surface area (Å²) in [7, 11) is -4.24. The van der Waals surface area contributed by atoms with Gasteiger partial charge >= 0.3 is 5.97 Å². The fourth-order valence-corrected chi connectivity index (χ4v) is 5.40. The van der Waals surface area contributed by atoms with Gasteiger partial charge in [0.2, 0.25) is 5.54 Å². The maximum absolute atomic E-state index is 13.6. The summed E-state index contributed by atoms with van der Waals surface area (Å²) in [4.78, 5) is 25.9. The number of carbonyl (C=O) groups is 2. The van der Waals surface area contributed by atoms with Gasteiger partial charge in [-0.25, -0.2) is 17.5 Å². The van der Waals surface area contributed by atoms with Gasteiger partial charge in [-0.2, -0.15) is 0 Å². The number of sulfonamides is 1. The van der Waals surface area contributed by atoms with Crippen molar-refractivity contribution in [2.75, 3.05) is 16.8 Å². The van der Waals surface area contributed by atoms with Crippen LogP contribution in [-0.4, -0.2) is 38.2 Å². The standard InChI is InChI=1S/C20H20ClNO5S/c1-3-27-19(24)20(18(23)13-21)12-15-6-4-5-7-17(15)22(20)28(25,26)16-10-8-14(2)9-11-16/h4-11H,3,12-13H2,1-2H3. The first-order chi connectivity index (χ1) is 13.3. The second-order valence-corrected chi connectivity index (χ2v) is 8.58. The second-order valence-electron chi connectivity index (χ2n) is 6.53. The van der Waals surface area contributed by atoms with E-state index in [1.165, 1.54) is 12.1 Å². The maximum Gasteiger partial charge on any atom is 0.341 e. The molecule has 148 valence electrons. The van der Waals surface area contributed by atoms with Crippen molar-refractivity contribution in [3.63, 3.8) is 0 Å². The Hall–Kier alpha value is -2.38. The zero-order chi connectivity index (χ0) is 20.5. The summed E-state index contributed by atoms with van der Waals surface area (Å²) in [6.45, 7) is 3.43. The molecule has 0 spiro atoms. The number of fused-ring (bicyclic) bond motifs is 1. The van der Waals surface area contributed by atoms with Crippen LogP contribution < -0.4 is 4.31 Å². The van der Waals surface area contributed by atoms with Crippen LogP contribution in [0.3, 0.4) is 0 Å². The fraction of sp³-hybridized carbons (Fsp3) is 0.300. The van der Waals surface area contributed by atoms with Crippen molar-refractivity contribution in [3.8, 4) is 0 Å². The number of carbonyl (C=O) groups excluding carboxylic acids is 2. The van der Waals surface area contributed by atoms with Gasteiger partial charge in [0.25, 0.3) is 10.0 Å². The number of benzene rings is 2. The lowest BCUT2D eigenvalue weighted by Crippen LogP contribution is -2.62. The molecule has 1 aliphatic heterocycles. The number of hydrogen-bond donors (Lipinski definition) is 0. The number of alkyl halides is 1. The highest BCUT2D eigenvalue weighted by Crippen LogP contribution is 2.44. The Morgan fingerprint density at radius 1 is 1.14 bits per heavy atom. The summed E-state index contributed by atoms with van der Waals surface area (Å²) in [6.07, 6.45) is -0.126. The quantitative estimate of drug-likeness (QED) is 0.407. The van der Waals surface area contributed by atoms with E-state index in [0.29, 0.717) is 5.56 Å². The maximum atomic E-state index is 13.6. The molecule has 0 aromatic heterocycles. The van der Waals surface area contributed by atoms with Crippen LogP contribution in [0.4, 0.5) is 5.69 Å². The number of ketones is 1. The molecule has 0 saturated carbocycles. The number of anilines is 1. The van der Waals surface area contributed by atoms with Gasteiger partial charge in [-0.1, -0.05) is 35.9 Å². The Labute approximate surface area is 169 Å². The number of nitrogens with zero attached hydrogens (tertiary/aromatic N) is 1. The number of ether oxygens (including phenoxy) is 1. The Balaban J connectivity index is 2.29. The average molecular weight is 422 g/mol. The Bertz CT molecular complexity index is 1020. The zero-order valence-electron chi connectivity index (χ0n) is 15.5. The molecule has 1 aliphatic rings. The summed E-state index contributed by atoms with van der Waals surface area (Å²) in [5.74, 6) is -2.17. The number of rotatable bonds is 6. The van der Waals surface area contributed by atoms with E-state index < -0.39 is 33.2 Å². The van der Waals surface area contributed by atoms with E-state index in [4.69, 9.17) is 16.3 Å². The number of hydrogen-bond acceptors (Lipinski definition) is 5. The predicted molar refractivity (Wildman–Crippen MR) is 106 cm³/mol. The Kier molecular flexibility index (Phi) is 5.50. The van der Waals surface area contributed by atoms with Crippen LogP contribution in [0.5, 0.6) is 0 Å². The highest BCUT2D eigenvalue weighted by atomic mass is 35.5. The molecule has 0 radical (unpaired) electrons. The largest absolute Gasteiger partial charge is 0.464 e. The van der Waals surface area contributed by atoms with E-state index in [9.17, 15) is 18.0 Å². The van der Waals surface area contributed by atoms with Crippen molar-refractivity contribution in [1.29, 1.82) is 0 Å². The summed E-state index contributed by atoms with van der Waals surface area (Å²) in [5.41, 5.74) is -0.348. The van der Waals surface area contributed by atoms with Crippen molar-refractivity contribution in [3.05, 3.63) is 59.7 Å². The molecule has 1 atom stereocenters. The molecular formula is C20H20ClNO5S. The minimum Gasteiger partial charge on any atom is -0.464 e. The number of halogens is 1. The lowest BCUT2D eigenvalue weighted by molar-refractivity contribution is -0.152. The Morgan fingerprint density at radius 3 is 2.39 bits per heavy atom. The summed E-state index contributed by atoms with van der Waals surface area (Å²) in [6, 6.07) is 12.9. The molecule has 1 heterocycles. The van der Waals surface area contributed by atoms with Crippen molar-refractivity contribution in [2.45, 2.75) is 30.7 Å². The molecule has 2 aromatic rings. The first-order valence-electron chi connectivity index (χ1n) is 8.75. The van der Waals surface area contributed by atoms with E-state index in [2.05, 4.69) is 0 Å². The molecule has 6 nitrogen and oxygen atoms in total. The van der Waals surface area contributed by atoms with Gasteiger partial charge in [0.05, 0.1) is 23.1 Å². The summed E-state index contributed by atoms with van der Waals surface area (Å²) in [5, 5.41) is 0. The van der Waals surface area contributed by atoms with Crippen LogP contribution in [-0.2, 0) is 30.8 Å². The third kappa shape index (κ3) is 3.08. The van der Waals surface area contributed by atoms with Gasteiger partial charge in [-0.05, 0) is 37.6 Å². The number of Topliss-reactive ketones (excluding diaryl/α,β-unsaturated/α-hetero) is 1. The minimum absolute atomic E-state index is 0.00487. The van der Waals surface area contributed by atoms with Crippen LogP contribution in [0.15, 0.2) is 53.4 Å². The number of para-hydroxylation sites is 1. The van der Waals surface area contributed by atoms with Crippen LogP contribution in [0.1, 0.15) is 18.1 Å². The van der Waals surface area contributed by atoms with Gasteiger partial charge < -0.3 is 4.74 Å². The molecule has 2 aromatic carbocycles. The van der Waals surface area contributed by atoms with Gasteiger partial charge in [0.1, 0.15) is 0 Å². The molecular weight excluding hydrogens is 402 g/mol. The number of esters is 1. The Morgan fingerprint density at radius 2 is 1.79 bits per heavy atom. The normalized spacial score (nSPS) is 18.6. The van der Waals surface area contributed by atoms with Crippen LogP contribution in [0.2, 0.25) is 0 Å². The third-order valence-corrected chi connectivity index (χ3v) is 6.86. The van der Waals surface area contributed by atoms with Gasteiger partial charge in [0.15, 0.2) is 5.78 Å². The van der Waals surface area contributed by atoms with Crippen LogP contribution >= 0.6 is 11.6 Å². The highest BCUT2D eigenvalue weighted by Gasteiger charge is 2.60. The monoisotopic (exact) mass is 421 g/mol. The first kappa shape index (κ1) is 20.4. The molecule has 8 heteroatoms. The van der Waals surface area contributed by atoms with Gasteiger partial charge in [-0.3, -0.25) is 4.79 Å². The number of aryl methyl sites for hydroxylation is 1. The fourth-order valence-electron chi connectivity index (χ4n) is 3.40. The van der Waals surface area contributed by atoms with E-state index in [1.54, 1.807) is 43.3 Å². The van der Waals surface area contributed by atoms with E-state index in [0.717, 1.165) is 9.87 Å². The van der Waals surface area contributed by atoms with Crippen molar-refractivity contribution in [2.24, 2.45) is 0 Å². The lowest BCUT2D eigenvalue weighted by atomic mass is 9.91. The molecule has 0 saturated heterocycles. The van der Waals surface area contributed by atoms with E-state index >= 15 is 0 Å². The topological polar surface area (TPSA) is 80.8 Å². The van der Waals surface area contributed by atoms with Crippen molar-refractivity contribution < 1.29 is 22.7 Å². The minimum atomic E-state index is -4.24. The lowest BCUT2D eigenvalue weighted by Gasteiger charge is -2.35. The SMILES string of the molecule is CCOC(=O)C1(C(=O)CCl)Cc2ccccc2N1S(=O)(=O)c1ccc(C)cc1. The predicted octanol–water partition coefficient (Wildman–Crippen LogP) is 2.86.